The van der Waals surface area contributed by atoms with Crippen molar-refractivity contribution in [3.8, 4) is 0 Å². The van der Waals surface area contributed by atoms with Crippen molar-refractivity contribution in [2.75, 3.05) is 12.4 Å². The van der Waals surface area contributed by atoms with Gasteiger partial charge in [0.25, 0.3) is 0 Å². The molecule has 5 heteroatoms. The van der Waals surface area contributed by atoms with E-state index in [1.54, 1.807) is 24.3 Å². The highest BCUT2D eigenvalue weighted by Crippen LogP contribution is 2.23. The van der Waals surface area contributed by atoms with Gasteiger partial charge in [0, 0.05) is 18.1 Å². The van der Waals surface area contributed by atoms with E-state index >= 15 is 0 Å². The Morgan fingerprint density at radius 3 is 2.23 bits per heavy atom. The van der Waals surface area contributed by atoms with E-state index in [0.29, 0.717) is 17.7 Å². The van der Waals surface area contributed by atoms with Gasteiger partial charge in [-0.25, -0.2) is 4.79 Å². The molecule has 3 aromatic rings. The molecule has 2 aromatic carbocycles. The third-order valence-corrected chi connectivity index (χ3v) is 4.14. The zero-order valence-corrected chi connectivity index (χ0v) is 14.5. The lowest BCUT2D eigenvalue weighted by Gasteiger charge is -2.19. The van der Waals surface area contributed by atoms with Gasteiger partial charge in [0.1, 0.15) is 0 Å². The second-order valence-electron chi connectivity index (χ2n) is 5.88. The third-order valence-electron chi connectivity index (χ3n) is 4.14. The number of hydrogen-bond donors (Lipinski definition) is 1. The fourth-order valence-corrected chi connectivity index (χ4v) is 2.82. The number of hydrogen-bond acceptors (Lipinski definition) is 3. The van der Waals surface area contributed by atoms with Gasteiger partial charge in [-0.15, -0.1) is 0 Å². The molecule has 0 aliphatic carbocycles. The number of anilines is 1. The van der Waals surface area contributed by atoms with E-state index < -0.39 is 5.97 Å². The lowest BCUT2D eigenvalue weighted by atomic mass is 10.0. The first-order chi connectivity index (χ1) is 12.7. The number of ether oxygens (including phenoxy) is 1. The summed E-state index contributed by atoms with van der Waals surface area (Å²) in [5.74, 6) is -0.502. The molecule has 0 saturated carbocycles. The van der Waals surface area contributed by atoms with E-state index in [-0.39, 0.29) is 11.9 Å². The number of carbonyl (C=O) groups excluding carboxylic acids is 2. The number of benzene rings is 2. The van der Waals surface area contributed by atoms with Crippen molar-refractivity contribution in [2.45, 2.75) is 12.5 Å². The van der Waals surface area contributed by atoms with Crippen LogP contribution in [0.2, 0.25) is 0 Å². The fraction of sp³-hybridized carbons (Fsp3) is 0.143. The maximum atomic E-state index is 12.6. The Bertz CT molecular complexity index is 856. The van der Waals surface area contributed by atoms with Crippen molar-refractivity contribution in [3.63, 3.8) is 0 Å². The largest absolute Gasteiger partial charge is 0.465 e. The minimum Gasteiger partial charge on any atom is -0.465 e. The Kier molecular flexibility index (Phi) is 5.49. The molecule has 0 radical (unpaired) electrons. The second kappa shape index (κ2) is 8.16. The van der Waals surface area contributed by atoms with Crippen molar-refractivity contribution in [2.24, 2.45) is 0 Å². The summed E-state index contributed by atoms with van der Waals surface area (Å²) in [6.45, 7) is 0. The van der Waals surface area contributed by atoms with Gasteiger partial charge in [-0.3, -0.25) is 4.79 Å². The average Bonchev–Trinajstić information content (AvgIpc) is 3.21. The van der Waals surface area contributed by atoms with E-state index in [9.17, 15) is 9.59 Å². The van der Waals surface area contributed by atoms with E-state index in [0.717, 1.165) is 5.56 Å². The van der Waals surface area contributed by atoms with Gasteiger partial charge < -0.3 is 14.6 Å². The summed E-state index contributed by atoms with van der Waals surface area (Å²) in [5, 5.41) is 2.88. The summed E-state index contributed by atoms with van der Waals surface area (Å²) in [6.07, 6.45) is 4.21. The van der Waals surface area contributed by atoms with Gasteiger partial charge in [0.05, 0.1) is 25.1 Å². The van der Waals surface area contributed by atoms with Crippen LogP contribution in [-0.2, 0) is 9.53 Å². The zero-order chi connectivity index (χ0) is 18.4. The summed E-state index contributed by atoms with van der Waals surface area (Å²) >= 11 is 0. The molecule has 1 heterocycles. The molecule has 132 valence electrons. The maximum absolute atomic E-state index is 12.6. The van der Waals surface area contributed by atoms with Gasteiger partial charge >= 0.3 is 5.97 Å². The van der Waals surface area contributed by atoms with Gasteiger partial charge in [-0.1, -0.05) is 30.3 Å². The third kappa shape index (κ3) is 4.19. The fourth-order valence-electron chi connectivity index (χ4n) is 2.82. The molecule has 3 rings (SSSR count). The zero-order valence-electron chi connectivity index (χ0n) is 14.5. The lowest BCUT2D eigenvalue weighted by molar-refractivity contribution is -0.116. The number of carbonyl (C=O) groups is 2. The number of nitrogens with zero attached hydrogens (tertiary/aromatic N) is 1. The van der Waals surface area contributed by atoms with E-state index in [1.807, 2.05) is 59.4 Å². The number of amides is 1. The molecule has 5 nitrogen and oxygen atoms in total. The van der Waals surface area contributed by atoms with Crippen LogP contribution in [0, 0.1) is 0 Å². The van der Waals surface area contributed by atoms with Crippen molar-refractivity contribution < 1.29 is 14.3 Å². The molecule has 1 aromatic heterocycles. The van der Waals surface area contributed by atoms with Crippen LogP contribution < -0.4 is 5.32 Å². The van der Waals surface area contributed by atoms with Crippen LogP contribution in [0.5, 0.6) is 0 Å². The predicted molar refractivity (Wildman–Crippen MR) is 100 cm³/mol. The predicted octanol–water partition coefficient (Wildman–Crippen LogP) is 3.89. The van der Waals surface area contributed by atoms with Crippen LogP contribution in [-0.4, -0.2) is 23.6 Å². The Balaban J connectivity index is 1.71. The number of nitrogens with one attached hydrogen (secondary N) is 1. The number of methoxy groups -OCH3 is 1. The maximum Gasteiger partial charge on any atom is 0.337 e. The average molecular weight is 348 g/mol. The molecule has 0 saturated heterocycles. The topological polar surface area (TPSA) is 60.3 Å². The highest BCUT2D eigenvalue weighted by Gasteiger charge is 2.17. The highest BCUT2D eigenvalue weighted by molar-refractivity contribution is 5.93. The summed E-state index contributed by atoms with van der Waals surface area (Å²) in [5.41, 5.74) is 2.15. The Morgan fingerprint density at radius 2 is 1.62 bits per heavy atom. The standard InChI is InChI=1S/C21H20N2O3/c1-26-21(25)17-9-11-18(12-10-17)22-20(24)15-19(23-13-5-6-14-23)16-7-3-2-4-8-16/h2-14,19H,15H2,1H3,(H,22,24). The van der Waals surface area contributed by atoms with Gasteiger partial charge in [-0.2, -0.15) is 0 Å². The minimum absolute atomic E-state index is 0.0828. The van der Waals surface area contributed by atoms with Crippen molar-refractivity contribution in [1.82, 2.24) is 4.57 Å². The van der Waals surface area contributed by atoms with Crippen molar-refractivity contribution in [3.05, 3.63) is 90.3 Å². The molecule has 0 bridgehead atoms. The monoisotopic (exact) mass is 348 g/mol. The lowest BCUT2D eigenvalue weighted by Crippen LogP contribution is -2.19. The van der Waals surface area contributed by atoms with Gasteiger partial charge in [-0.05, 0) is 42.0 Å². The first kappa shape index (κ1) is 17.5. The summed E-state index contributed by atoms with van der Waals surface area (Å²) in [4.78, 5) is 24.0. The minimum atomic E-state index is -0.403. The molecular formula is C21H20N2O3. The summed E-state index contributed by atoms with van der Waals surface area (Å²) < 4.78 is 6.69. The summed E-state index contributed by atoms with van der Waals surface area (Å²) in [7, 11) is 1.34. The molecule has 1 atom stereocenters. The highest BCUT2D eigenvalue weighted by atomic mass is 16.5. The molecule has 1 amide bonds. The summed E-state index contributed by atoms with van der Waals surface area (Å²) in [6, 6.07) is 20.4. The molecular weight excluding hydrogens is 328 g/mol. The molecule has 1 unspecified atom stereocenters. The first-order valence-electron chi connectivity index (χ1n) is 8.33. The van der Waals surface area contributed by atoms with E-state index in [4.69, 9.17) is 0 Å². The van der Waals surface area contributed by atoms with Crippen LogP contribution in [0.15, 0.2) is 79.1 Å². The second-order valence-corrected chi connectivity index (χ2v) is 5.88. The van der Waals surface area contributed by atoms with Crippen LogP contribution in [0.1, 0.15) is 28.4 Å². The quantitative estimate of drug-likeness (QED) is 0.688. The van der Waals surface area contributed by atoms with E-state index in [1.165, 1.54) is 7.11 Å². The smallest absolute Gasteiger partial charge is 0.337 e. The SMILES string of the molecule is COC(=O)c1ccc(NC(=O)CC(c2ccccc2)n2cccc2)cc1. The number of esters is 1. The van der Waals surface area contributed by atoms with Crippen LogP contribution >= 0.6 is 0 Å². The number of rotatable bonds is 6. The van der Waals surface area contributed by atoms with Crippen LogP contribution in [0.25, 0.3) is 0 Å². The molecule has 0 aliphatic rings. The number of aromatic nitrogens is 1. The first-order valence-corrected chi connectivity index (χ1v) is 8.33. The van der Waals surface area contributed by atoms with Gasteiger partial charge in [0.2, 0.25) is 5.91 Å². The molecule has 0 fully saturated rings. The Hall–Kier alpha value is -3.34. The molecule has 0 spiro atoms. The van der Waals surface area contributed by atoms with E-state index in [2.05, 4.69) is 10.1 Å². The van der Waals surface area contributed by atoms with Gasteiger partial charge in [0.15, 0.2) is 0 Å². The molecule has 26 heavy (non-hydrogen) atoms. The van der Waals surface area contributed by atoms with Crippen LogP contribution in [0.3, 0.4) is 0 Å². The van der Waals surface area contributed by atoms with Crippen molar-refractivity contribution >= 4 is 17.6 Å². The normalized spacial score (nSPS) is 11.6. The Labute approximate surface area is 152 Å². The van der Waals surface area contributed by atoms with Crippen molar-refractivity contribution in [1.29, 1.82) is 0 Å². The Morgan fingerprint density at radius 1 is 0.962 bits per heavy atom. The van der Waals surface area contributed by atoms with Crippen LogP contribution in [0.4, 0.5) is 5.69 Å². The molecule has 1 N–H and O–H groups in total. The molecule has 0 aliphatic heterocycles.